The molecule has 0 saturated carbocycles. The highest BCUT2D eigenvalue weighted by Gasteiger charge is 2.18. The summed E-state index contributed by atoms with van der Waals surface area (Å²) < 4.78 is 1.88. The van der Waals surface area contributed by atoms with Crippen molar-refractivity contribution >= 4 is 23.2 Å². The number of imidazole rings is 1. The van der Waals surface area contributed by atoms with Crippen molar-refractivity contribution in [1.82, 2.24) is 9.55 Å². The molecule has 0 saturated heterocycles. The van der Waals surface area contributed by atoms with E-state index >= 15 is 0 Å². The highest BCUT2D eigenvalue weighted by Crippen LogP contribution is 2.35. The average Bonchev–Trinajstić information content (AvgIpc) is 3.15. The molecule has 4 rings (SSSR count). The highest BCUT2D eigenvalue weighted by atomic mass is 35.5. The predicted octanol–water partition coefficient (Wildman–Crippen LogP) is 3.69. The van der Waals surface area contributed by atoms with Crippen LogP contribution < -0.4 is 5.32 Å². The second-order valence-electron chi connectivity index (χ2n) is 5.21. The van der Waals surface area contributed by atoms with Crippen molar-refractivity contribution in [3.8, 4) is 16.8 Å². The van der Waals surface area contributed by atoms with E-state index in [9.17, 15) is 4.79 Å². The molecule has 0 spiro atoms. The lowest BCUT2D eigenvalue weighted by atomic mass is 10.0. The summed E-state index contributed by atoms with van der Waals surface area (Å²) in [4.78, 5) is 15.5. The van der Waals surface area contributed by atoms with Crippen LogP contribution in [-0.4, -0.2) is 15.5 Å². The molecule has 1 aliphatic rings. The molecule has 22 heavy (non-hydrogen) atoms. The fourth-order valence-corrected chi connectivity index (χ4v) is 3.07. The van der Waals surface area contributed by atoms with Crippen LogP contribution in [0.25, 0.3) is 16.8 Å². The third-order valence-electron chi connectivity index (χ3n) is 3.80. The molecule has 0 radical (unpaired) electrons. The summed E-state index contributed by atoms with van der Waals surface area (Å²) in [5.41, 5.74) is 4.71. The molecule has 4 nitrogen and oxygen atoms in total. The van der Waals surface area contributed by atoms with Gasteiger partial charge in [-0.05, 0) is 29.3 Å². The van der Waals surface area contributed by atoms with E-state index in [0.717, 1.165) is 28.1 Å². The number of rotatable bonds is 2. The van der Waals surface area contributed by atoms with Crippen LogP contribution in [-0.2, 0) is 11.2 Å². The summed E-state index contributed by atoms with van der Waals surface area (Å²) in [6, 6.07) is 11.8. The Kier molecular flexibility index (Phi) is 2.98. The number of carbonyl (C=O) groups is 1. The minimum absolute atomic E-state index is 0.0328. The summed E-state index contributed by atoms with van der Waals surface area (Å²) in [6.45, 7) is 0. The molecular formula is C17H12ClN3O. The zero-order chi connectivity index (χ0) is 15.1. The van der Waals surface area contributed by atoms with Crippen LogP contribution >= 0.6 is 11.6 Å². The maximum absolute atomic E-state index is 11.5. The van der Waals surface area contributed by atoms with Gasteiger partial charge >= 0.3 is 0 Å². The molecule has 0 fully saturated rings. The van der Waals surface area contributed by atoms with Crippen molar-refractivity contribution in [3.63, 3.8) is 0 Å². The van der Waals surface area contributed by atoms with Crippen LogP contribution in [0.3, 0.4) is 0 Å². The Hall–Kier alpha value is -2.59. The van der Waals surface area contributed by atoms with Gasteiger partial charge in [-0.25, -0.2) is 4.98 Å². The van der Waals surface area contributed by atoms with Crippen molar-refractivity contribution in [2.75, 3.05) is 5.32 Å². The van der Waals surface area contributed by atoms with Crippen LogP contribution in [0, 0.1) is 0 Å². The van der Waals surface area contributed by atoms with Crippen molar-refractivity contribution in [2.45, 2.75) is 6.42 Å². The van der Waals surface area contributed by atoms with E-state index in [-0.39, 0.29) is 5.91 Å². The SMILES string of the molecule is O=C1Cc2cc(-c3cccc(-n4ccnc4)c3Cl)ccc2N1. The lowest BCUT2D eigenvalue weighted by Gasteiger charge is -2.11. The third kappa shape index (κ3) is 2.09. The van der Waals surface area contributed by atoms with Gasteiger partial charge < -0.3 is 9.88 Å². The third-order valence-corrected chi connectivity index (χ3v) is 4.20. The number of halogens is 1. The van der Waals surface area contributed by atoms with Gasteiger partial charge in [0.25, 0.3) is 0 Å². The first-order chi connectivity index (χ1) is 10.7. The summed E-state index contributed by atoms with van der Waals surface area (Å²) >= 11 is 6.58. The monoisotopic (exact) mass is 309 g/mol. The predicted molar refractivity (Wildman–Crippen MR) is 86.3 cm³/mol. The normalized spacial score (nSPS) is 13.0. The van der Waals surface area contributed by atoms with Gasteiger partial charge in [0, 0.05) is 23.6 Å². The minimum Gasteiger partial charge on any atom is -0.326 e. The maximum Gasteiger partial charge on any atom is 0.228 e. The summed E-state index contributed by atoms with van der Waals surface area (Å²) in [6.07, 6.45) is 5.71. The Balaban J connectivity index is 1.83. The molecule has 0 aliphatic carbocycles. The van der Waals surface area contributed by atoms with Crippen molar-refractivity contribution in [2.24, 2.45) is 0 Å². The van der Waals surface area contributed by atoms with Crippen LogP contribution in [0.1, 0.15) is 5.56 Å². The van der Waals surface area contributed by atoms with E-state index in [0.29, 0.717) is 11.4 Å². The van der Waals surface area contributed by atoms with Crippen molar-refractivity contribution < 1.29 is 4.79 Å². The van der Waals surface area contributed by atoms with Crippen LogP contribution in [0.15, 0.2) is 55.1 Å². The molecule has 5 heteroatoms. The Bertz CT molecular complexity index is 872. The second-order valence-corrected chi connectivity index (χ2v) is 5.58. The number of hydrogen-bond acceptors (Lipinski definition) is 2. The average molecular weight is 310 g/mol. The smallest absolute Gasteiger partial charge is 0.228 e. The fourth-order valence-electron chi connectivity index (χ4n) is 2.74. The van der Waals surface area contributed by atoms with Crippen LogP contribution in [0.5, 0.6) is 0 Å². The summed E-state index contributed by atoms with van der Waals surface area (Å²) in [5.74, 6) is 0.0328. The molecule has 108 valence electrons. The number of anilines is 1. The highest BCUT2D eigenvalue weighted by molar-refractivity contribution is 6.35. The summed E-state index contributed by atoms with van der Waals surface area (Å²) in [7, 11) is 0. The lowest BCUT2D eigenvalue weighted by Crippen LogP contribution is -2.03. The number of hydrogen-bond donors (Lipinski definition) is 1. The van der Waals surface area contributed by atoms with Gasteiger partial charge in [0.2, 0.25) is 5.91 Å². The molecule has 1 aliphatic heterocycles. The molecule has 0 unspecified atom stereocenters. The Morgan fingerprint density at radius 3 is 2.95 bits per heavy atom. The van der Waals surface area contributed by atoms with E-state index in [1.165, 1.54) is 0 Å². The van der Waals surface area contributed by atoms with Gasteiger partial charge in [0.15, 0.2) is 0 Å². The zero-order valence-electron chi connectivity index (χ0n) is 11.6. The fraction of sp³-hybridized carbons (Fsp3) is 0.0588. The van der Waals surface area contributed by atoms with Gasteiger partial charge in [0.05, 0.1) is 23.5 Å². The minimum atomic E-state index is 0.0328. The quantitative estimate of drug-likeness (QED) is 0.785. The molecule has 3 aromatic rings. The van der Waals surface area contributed by atoms with Gasteiger partial charge in [-0.15, -0.1) is 0 Å². The molecule has 1 N–H and O–H groups in total. The van der Waals surface area contributed by atoms with E-state index in [1.807, 2.05) is 47.2 Å². The number of aromatic nitrogens is 2. The van der Waals surface area contributed by atoms with E-state index in [1.54, 1.807) is 12.5 Å². The van der Waals surface area contributed by atoms with Crippen molar-refractivity contribution in [3.05, 3.63) is 65.7 Å². The summed E-state index contributed by atoms with van der Waals surface area (Å²) in [5, 5.41) is 3.50. The first-order valence-electron chi connectivity index (χ1n) is 6.92. The molecular weight excluding hydrogens is 298 g/mol. The first-order valence-corrected chi connectivity index (χ1v) is 7.30. The van der Waals surface area contributed by atoms with E-state index in [2.05, 4.69) is 10.3 Å². The maximum atomic E-state index is 11.5. The Labute approximate surface area is 132 Å². The topological polar surface area (TPSA) is 46.9 Å². The van der Waals surface area contributed by atoms with Gasteiger partial charge in [0.1, 0.15) is 0 Å². The molecule has 0 bridgehead atoms. The number of nitrogens with one attached hydrogen (secondary N) is 1. The van der Waals surface area contributed by atoms with Crippen LogP contribution in [0.2, 0.25) is 5.02 Å². The first kappa shape index (κ1) is 13.1. The number of amides is 1. The molecule has 1 aromatic heterocycles. The number of fused-ring (bicyclic) bond motifs is 1. The largest absolute Gasteiger partial charge is 0.326 e. The van der Waals surface area contributed by atoms with Gasteiger partial charge in [-0.3, -0.25) is 4.79 Å². The molecule has 2 heterocycles. The standard InChI is InChI=1S/C17H12ClN3O/c18-17-13(2-1-3-15(17)21-7-6-19-10-21)11-4-5-14-12(8-11)9-16(22)20-14/h1-8,10H,9H2,(H,20,22). The lowest BCUT2D eigenvalue weighted by molar-refractivity contribution is -0.115. The second kappa shape index (κ2) is 5.00. The number of benzene rings is 2. The number of nitrogens with zero attached hydrogens (tertiary/aromatic N) is 2. The zero-order valence-corrected chi connectivity index (χ0v) is 12.3. The van der Waals surface area contributed by atoms with Crippen LogP contribution in [0.4, 0.5) is 5.69 Å². The molecule has 2 aromatic carbocycles. The Morgan fingerprint density at radius 1 is 1.23 bits per heavy atom. The van der Waals surface area contributed by atoms with E-state index < -0.39 is 0 Å². The van der Waals surface area contributed by atoms with Crippen molar-refractivity contribution in [1.29, 1.82) is 0 Å². The van der Waals surface area contributed by atoms with E-state index in [4.69, 9.17) is 11.6 Å². The number of carbonyl (C=O) groups excluding carboxylic acids is 1. The van der Waals surface area contributed by atoms with Gasteiger partial charge in [-0.1, -0.05) is 29.8 Å². The molecule has 1 amide bonds. The molecule has 0 atom stereocenters. The Morgan fingerprint density at radius 2 is 2.14 bits per heavy atom. The van der Waals surface area contributed by atoms with Gasteiger partial charge in [-0.2, -0.15) is 0 Å².